The number of aromatic carboxylic acids is 2. The highest BCUT2D eigenvalue weighted by atomic mass is 16.5. The third kappa shape index (κ3) is 5.93. The van der Waals surface area contributed by atoms with Crippen molar-refractivity contribution in [2.24, 2.45) is 0 Å². The summed E-state index contributed by atoms with van der Waals surface area (Å²) in [6.07, 6.45) is -0.341. The zero-order chi connectivity index (χ0) is 34.1. The molecule has 1 atom stereocenters. The van der Waals surface area contributed by atoms with Crippen molar-refractivity contribution < 1.29 is 34.0 Å². The van der Waals surface area contributed by atoms with Crippen molar-refractivity contribution in [3.05, 3.63) is 120 Å². The van der Waals surface area contributed by atoms with Gasteiger partial charge in [-0.2, -0.15) is 0 Å². The van der Waals surface area contributed by atoms with Crippen LogP contribution in [0.2, 0.25) is 0 Å². The molecule has 248 valence electrons. The second-order valence-electron chi connectivity index (χ2n) is 12.0. The summed E-state index contributed by atoms with van der Waals surface area (Å²) in [6, 6.07) is 32.9. The molecule has 0 bridgehead atoms. The van der Waals surface area contributed by atoms with E-state index in [0.717, 1.165) is 60.3 Å². The number of carboxylic acids is 2. The summed E-state index contributed by atoms with van der Waals surface area (Å²) < 4.78 is 21.2. The predicted molar refractivity (Wildman–Crippen MR) is 191 cm³/mol. The lowest BCUT2D eigenvalue weighted by Crippen LogP contribution is -2.11. The predicted octanol–water partition coefficient (Wildman–Crippen LogP) is 8.02. The number of aromatic nitrogens is 2. The topological polar surface area (TPSA) is 112 Å². The number of ether oxygens (including phenoxy) is 3. The lowest BCUT2D eigenvalue weighted by molar-refractivity contribution is 0.0673. The Morgan fingerprint density at radius 1 is 0.653 bits per heavy atom. The molecule has 0 saturated carbocycles. The molecule has 0 aliphatic rings. The Bertz CT molecular complexity index is 2340. The van der Waals surface area contributed by atoms with Crippen molar-refractivity contribution in [1.82, 2.24) is 9.13 Å². The number of carbonyl (C=O) groups is 2. The summed E-state index contributed by atoms with van der Waals surface area (Å²) in [4.78, 5) is 24.2. The van der Waals surface area contributed by atoms with E-state index in [1.54, 1.807) is 38.5 Å². The first kappa shape index (κ1) is 32.1. The average molecular weight is 657 g/mol. The minimum atomic E-state index is -0.996. The summed E-state index contributed by atoms with van der Waals surface area (Å²) >= 11 is 0. The van der Waals surface area contributed by atoms with Crippen molar-refractivity contribution in [3.8, 4) is 11.1 Å². The van der Waals surface area contributed by atoms with Crippen LogP contribution in [0.5, 0.6) is 0 Å². The molecule has 0 radical (unpaired) electrons. The molecule has 0 aliphatic carbocycles. The van der Waals surface area contributed by atoms with Gasteiger partial charge in [-0.25, -0.2) is 9.59 Å². The van der Waals surface area contributed by atoms with E-state index < -0.39 is 11.9 Å². The highest BCUT2D eigenvalue weighted by Crippen LogP contribution is 2.39. The van der Waals surface area contributed by atoms with E-state index in [2.05, 4.69) is 21.3 Å². The molecule has 0 fully saturated rings. The first-order valence-corrected chi connectivity index (χ1v) is 16.1. The fraction of sp³-hybridized carbons (Fsp3) is 0.200. The van der Waals surface area contributed by atoms with E-state index in [4.69, 9.17) is 14.2 Å². The monoisotopic (exact) mass is 656 g/mol. The highest BCUT2D eigenvalue weighted by Gasteiger charge is 2.21. The van der Waals surface area contributed by atoms with E-state index in [9.17, 15) is 19.8 Å². The van der Waals surface area contributed by atoms with Crippen LogP contribution in [0.15, 0.2) is 103 Å². The van der Waals surface area contributed by atoms with Crippen LogP contribution >= 0.6 is 0 Å². The van der Waals surface area contributed by atoms with Crippen LogP contribution in [0.25, 0.3) is 54.7 Å². The molecular weight excluding hydrogens is 620 g/mol. The van der Waals surface area contributed by atoms with Gasteiger partial charge in [0, 0.05) is 53.3 Å². The van der Waals surface area contributed by atoms with Crippen LogP contribution in [-0.4, -0.2) is 65.3 Å². The van der Waals surface area contributed by atoms with Gasteiger partial charge in [0.2, 0.25) is 0 Å². The van der Waals surface area contributed by atoms with Crippen LogP contribution in [-0.2, 0) is 27.3 Å². The zero-order valence-electron chi connectivity index (χ0n) is 27.3. The maximum atomic E-state index is 12.4. The molecule has 0 spiro atoms. The van der Waals surface area contributed by atoms with E-state index in [-0.39, 0.29) is 17.2 Å². The fourth-order valence-electron chi connectivity index (χ4n) is 6.90. The largest absolute Gasteiger partial charge is 0.478 e. The fourth-order valence-corrected chi connectivity index (χ4v) is 6.90. The Hall–Kier alpha value is -5.48. The maximum absolute atomic E-state index is 12.4. The molecule has 0 aliphatic heterocycles. The molecule has 7 rings (SSSR count). The van der Waals surface area contributed by atoms with E-state index >= 15 is 0 Å². The number of benzene rings is 5. The Morgan fingerprint density at radius 3 is 2.00 bits per heavy atom. The zero-order valence-corrected chi connectivity index (χ0v) is 27.3. The van der Waals surface area contributed by atoms with Crippen molar-refractivity contribution in [3.63, 3.8) is 0 Å². The summed E-state index contributed by atoms with van der Waals surface area (Å²) in [7, 11) is 3.31. The number of para-hydroxylation sites is 2. The van der Waals surface area contributed by atoms with Crippen molar-refractivity contribution in [1.29, 1.82) is 0 Å². The molecule has 0 saturated heterocycles. The molecule has 9 heteroatoms. The molecule has 9 nitrogen and oxygen atoms in total. The second kappa shape index (κ2) is 13.6. The van der Waals surface area contributed by atoms with Gasteiger partial charge in [-0.05, 0) is 53.1 Å². The molecule has 5 aromatic carbocycles. The third-order valence-electron chi connectivity index (χ3n) is 9.26. The first-order valence-electron chi connectivity index (χ1n) is 16.1. The number of fused-ring (bicyclic) bond motifs is 6. The lowest BCUT2D eigenvalue weighted by Gasteiger charge is -2.19. The van der Waals surface area contributed by atoms with Crippen LogP contribution in [0.1, 0.15) is 32.4 Å². The van der Waals surface area contributed by atoms with E-state index in [0.29, 0.717) is 32.9 Å². The summed E-state index contributed by atoms with van der Waals surface area (Å²) in [5.74, 6) is -1.97. The maximum Gasteiger partial charge on any atom is 0.335 e. The molecule has 0 amide bonds. The van der Waals surface area contributed by atoms with Gasteiger partial charge in [0.25, 0.3) is 0 Å². The molecule has 1 unspecified atom stereocenters. The standard InChI is InChI=1S/C40H36N2O7/c1-47-19-20-49-18-17-41-34-10-6-4-8-31(34)38-32(21-28(40(45)46)23-36(38)41)25-11-13-26(14-12-25)37(48-2)24-42-33-9-5-3-7-29(33)30-16-15-27(39(43)44)22-35(30)42/h3-16,21-23,37H,17-20,24H2,1-2H3,(H,43,44)(H,45,46). The van der Waals surface area contributed by atoms with Crippen molar-refractivity contribution in [2.45, 2.75) is 19.2 Å². The number of methoxy groups -OCH3 is 2. The average Bonchev–Trinajstić information content (AvgIpc) is 3.62. The number of nitrogens with zero attached hydrogens (tertiary/aromatic N) is 2. The van der Waals surface area contributed by atoms with E-state index in [1.165, 1.54) is 0 Å². The van der Waals surface area contributed by atoms with Crippen molar-refractivity contribution >= 4 is 55.6 Å². The molecular formula is C40H36N2O7. The molecule has 2 heterocycles. The summed E-state index contributed by atoms with van der Waals surface area (Å²) in [5.41, 5.74) is 6.74. The molecule has 2 N–H and O–H groups in total. The van der Waals surface area contributed by atoms with Gasteiger partial charge in [-0.15, -0.1) is 0 Å². The van der Waals surface area contributed by atoms with Gasteiger partial charge in [-0.3, -0.25) is 0 Å². The minimum absolute atomic E-state index is 0.206. The summed E-state index contributed by atoms with van der Waals surface area (Å²) in [5, 5.41) is 23.9. The van der Waals surface area contributed by atoms with Crippen molar-refractivity contribution in [2.75, 3.05) is 34.0 Å². The van der Waals surface area contributed by atoms with Gasteiger partial charge >= 0.3 is 11.9 Å². The SMILES string of the molecule is COCCOCCn1c2ccccc2c2c(-c3ccc(C(Cn4c5ccccc5c5ccc(C(=O)O)cc54)OC)cc3)cc(C(=O)O)cc21. The number of carboxylic acid groups (broad SMARTS) is 2. The Balaban J connectivity index is 1.28. The molecule has 49 heavy (non-hydrogen) atoms. The van der Waals surface area contributed by atoms with Crippen LogP contribution in [0.3, 0.4) is 0 Å². The lowest BCUT2D eigenvalue weighted by atomic mass is 9.95. The third-order valence-corrected chi connectivity index (χ3v) is 9.26. The Kier molecular flexibility index (Phi) is 8.88. The highest BCUT2D eigenvalue weighted by molar-refractivity contribution is 6.16. The van der Waals surface area contributed by atoms with Gasteiger partial charge in [0.05, 0.1) is 54.6 Å². The number of hydrogen-bond donors (Lipinski definition) is 2. The Morgan fingerprint density at radius 2 is 1.31 bits per heavy atom. The quantitative estimate of drug-likeness (QED) is 0.121. The van der Waals surface area contributed by atoms with Crippen LogP contribution < -0.4 is 0 Å². The summed E-state index contributed by atoms with van der Waals surface area (Å²) in [6.45, 7) is 2.46. The second-order valence-corrected chi connectivity index (χ2v) is 12.0. The number of hydrogen-bond acceptors (Lipinski definition) is 5. The van der Waals surface area contributed by atoms with Crippen LogP contribution in [0, 0.1) is 0 Å². The molecule has 2 aromatic heterocycles. The number of rotatable bonds is 13. The Labute approximate surface area is 282 Å². The first-order chi connectivity index (χ1) is 23.9. The van der Waals surface area contributed by atoms with Crippen LogP contribution in [0.4, 0.5) is 0 Å². The normalized spacial score (nSPS) is 12.4. The molecule has 7 aromatic rings. The smallest absolute Gasteiger partial charge is 0.335 e. The van der Waals surface area contributed by atoms with Gasteiger partial charge in [-0.1, -0.05) is 66.7 Å². The van der Waals surface area contributed by atoms with Gasteiger partial charge in [0.1, 0.15) is 0 Å². The van der Waals surface area contributed by atoms with E-state index in [1.807, 2.05) is 66.7 Å². The minimum Gasteiger partial charge on any atom is -0.478 e. The van der Waals surface area contributed by atoms with Gasteiger partial charge in [0.15, 0.2) is 0 Å². The van der Waals surface area contributed by atoms with Gasteiger partial charge < -0.3 is 33.6 Å².